The van der Waals surface area contributed by atoms with E-state index in [1.807, 2.05) is 18.2 Å². The maximum Gasteiger partial charge on any atom is 0.224 e. The van der Waals surface area contributed by atoms with Gasteiger partial charge in [0, 0.05) is 10.4 Å². The molecule has 2 aromatic carbocycles. The molecule has 0 spiro atoms. The lowest BCUT2D eigenvalue weighted by atomic mass is 10.0. The molecule has 0 heterocycles. The smallest absolute Gasteiger partial charge is 0.224 e. The van der Waals surface area contributed by atoms with Gasteiger partial charge in [-0.2, -0.15) is 0 Å². The first-order valence-corrected chi connectivity index (χ1v) is 8.71. The maximum atomic E-state index is 13.8. The average Bonchev–Trinajstić information content (AvgIpc) is 3.43. The predicted molar refractivity (Wildman–Crippen MR) is 90.4 cm³/mol. The molecule has 2 fully saturated rings. The van der Waals surface area contributed by atoms with Crippen molar-refractivity contribution >= 4 is 21.8 Å². The molecule has 0 aromatic heterocycles. The monoisotopic (exact) mass is 373 g/mol. The SMILES string of the molecule is O=C(NC1(c2ccc(Br)cc2)CC1)[C@H]1C[C@@H]1c1ccccc1F. The predicted octanol–water partition coefficient (Wildman–Crippen LogP) is 4.50. The van der Waals surface area contributed by atoms with Crippen LogP contribution in [0.15, 0.2) is 53.0 Å². The van der Waals surface area contributed by atoms with Gasteiger partial charge in [-0.3, -0.25) is 4.79 Å². The lowest BCUT2D eigenvalue weighted by molar-refractivity contribution is -0.123. The van der Waals surface area contributed by atoms with Crippen molar-refractivity contribution in [2.75, 3.05) is 0 Å². The Morgan fingerprint density at radius 3 is 2.48 bits per heavy atom. The van der Waals surface area contributed by atoms with Crippen LogP contribution in [0.3, 0.4) is 0 Å². The topological polar surface area (TPSA) is 29.1 Å². The van der Waals surface area contributed by atoms with E-state index >= 15 is 0 Å². The number of rotatable bonds is 4. The Morgan fingerprint density at radius 1 is 1.13 bits per heavy atom. The van der Waals surface area contributed by atoms with Crippen molar-refractivity contribution in [3.63, 3.8) is 0 Å². The fraction of sp³-hybridized carbons (Fsp3) is 0.316. The van der Waals surface area contributed by atoms with E-state index in [1.165, 1.54) is 6.07 Å². The van der Waals surface area contributed by atoms with Gasteiger partial charge in [-0.15, -0.1) is 0 Å². The van der Waals surface area contributed by atoms with Gasteiger partial charge >= 0.3 is 0 Å². The van der Waals surface area contributed by atoms with Crippen LogP contribution in [0.1, 0.15) is 36.3 Å². The zero-order valence-electron chi connectivity index (χ0n) is 12.6. The molecule has 0 bridgehead atoms. The molecule has 0 unspecified atom stereocenters. The molecule has 0 radical (unpaired) electrons. The summed E-state index contributed by atoms with van der Waals surface area (Å²) in [6, 6.07) is 14.9. The Labute approximate surface area is 143 Å². The van der Waals surface area contributed by atoms with Gasteiger partial charge in [-0.05, 0) is 54.5 Å². The van der Waals surface area contributed by atoms with Gasteiger partial charge in [0.05, 0.1) is 5.54 Å². The van der Waals surface area contributed by atoms with Gasteiger partial charge in [0.2, 0.25) is 5.91 Å². The quantitative estimate of drug-likeness (QED) is 0.839. The minimum atomic E-state index is -0.208. The van der Waals surface area contributed by atoms with Crippen LogP contribution in [-0.4, -0.2) is 5.91 Å². The van der Waals surface area contributed by atoms with Crippen LogP contribution in [0.5, 0.6) is 0 Å². The molecule has 2 nitrogen and oxygen atoms in total. The average molecular weight is 374 g/mol. The van der Waals surface area contributed by atoms with Crippen LogP contribution in [0.2, 0.25) is 0 Å². The summed E-state index contributed by atoms with van der Waals surface area (Å²) in [4.78, 5) is 12.6. The van der Waals surface area contributed by atoms with Crippen molar-refractivity contribution < 1.29 is 9.18 Å². The molecule has 118 valence electrons. The first-order valence-electron chi connectivity index (χ1n) is 7.92. The van der Waals surface area contributed by atoms with E-state index in [1.54, 1.807) is 12.1 Å². The summed E-state index contributed by atoms with van der Waals surface area (Å²) in [6.45, 7) is 0. The molecule has 23 heavy (non-hydrogen) atoms. The molecule has 2 saturated carbocycles. The highest BCUT2D eigenvalue weighted by molar-refractivity contribution is 9.10. The van der Waals surface area contributed by atoms with E-state index in [0.717, 1.165) is 29.3 Å². The molecule has 2 aliphatic carbocycles. The highest BCUT2D eigenvalue weighted by atomic mass is 79.9. The molecular formula is C19H17BrFNO. The Morgan fingerprint density at radius 2 is 1.83 bits per heavy atom. The molecule has 0 saturated heterocycles. The van der Waals surface area contributed by atoms with Crippen molar-refractivity contribution in [3.05, 3.63) is 69.9 Å². The van der Waals surface area contributed by atoms with E-state index in [2.05, 4.69) is 33.4 Å². The number of amides is 1. The number of halogens is 2. The van der Waals surface area contributed by atoms with Crippen LogP contribution < -0.4 is 5.32 Å². The first kappa shape index (κ1) is 14.9. The molecule has 2 aliphatic rings. The third kappa shape index (κ3) is 2.80. The highest BCUT2D eigenvalue weighted by Crippen LogP contribution is 2.51. The highest BCUT2D eigenvalue weighted by Gasteiger charge is 2.51. The van der Waals surface area contributed by atoms with Gasteiger partial charge in [0.25, 0.3) is 0 Å². The van der Waals surface area contributed by atoms with Crippen LogP contribution in [0.25, 0.3) is 0 Å². The number of carbonyl (C=O) groups excluding carboxylic acids is 1. The fourth-order valence-corrected chi connectivity index (χ4v) is 3.58. The third-order valence-corrected chi connectivity index (χ3v) is 5.47. The summed E-state index contributed by atoms with van der Waals surface area (Å²) >= 11 is 3.43. The molecule has 2 atom stereocenters. The number of hydrogen-bond acceptors (Lipinski definition) is 1. The van der Waals surface area contributed by atoms with Gasteiger partial charge in [0.1, 0.15) is 5.82 Å². The molecule has 4 rings (SSSR count). The standard InChI is InChI=1S/C19H17BrFNO/c20-13-7-5-12(6-8-13)19(9-10-19)22-18(23)16-11-15(16)14-3-1-2-4-17(14)21/h1-8,15-16H,9-11H2,(H,22,23)/t15-,16+/m1/s1. The Balaban J connectivity index is 1.45. The van der Waals surface area contributed by atoms with Crippen molar-refractivity contribution in [3.8, 4) is 0 Å². The molecule has 1 N–H and O–H groups in total. The second kappa shape index (κ2) is 5.45. The molecular weight excluding hydrogens is 357 g/mol. The number of hydrogen-bond donors (Lipinski definition) is 1. The Bertz CT molecular complexity index is 754. The number of carbonyl (C=O) groups is 1. The Hall–Kier alpha value is -1.68. The minimum absolute atomic E-state index is 0.0249. The molecule has 4 heteroatoms. The van der Waals surface area contributed by atoms with Gasteiger partial charge in [-0.1, -0.05) is 46.3 Å². The normalized spacial score (nSPS) is 24.1. The van der Waals surface area contributed by atoms with Gasteiger partial charge in [0.15, 0.2) is 0 Å². The second-order valence-electron chi connectivity index (χ2n) is 6.55. The summed E-state index contributed by atoms with van der Waals surface area (Å²) in [7, 11) is 0. The number of nitrogens with one attached hydrogen (secondary N) is 1. The summed E-state index contributed by atoms with van der Waals surface area (Å²) in [5, 5.41) is 3.21. The van der Waals surface area contributed by atoms with Crippen molar-refractivity contribution in [2.45, 2.75) is 30.7 Å². The van der Waals surface area contributed by atoms with E-state index < -0.39 is 0 Å². The summed E-state index contributed by atoms with van der Waals surface area (Å²) in [6.07, 6.45) is 2.68. The van der Waals surface area contributed by atoms with Gasteiger partial charge < -0.3 is 5.32 Å². The van der Waals surface area contributed by atoms with Crippen molar-refractivity contribution in [1.29, 1.82) is 0 Å². The van der Waals surface area contributed by atoms with Crippen molar-refractivity contribution in [1.82, 2.24) is 5.32 Å². The summed E-state index contributed by atoms with van der Waals surface area (Å²) in [5.41, 5.74) is 1.61. The van der Waals surface area contributed by atoms with Crippen molar-refractivity contribution in [2.24, 2.45) is 5.92 Å². The fourth-order valence-electron chi connectivity index (χ4n) is 3.31. The Kier molecular flexibility index (Phi) is 3.52. The van der Waals surface area contributed by atoms with Gasteiger partial charge in [-0.25, -0.2) is 4.39 Å². The van der Waals surface area contributed by atoms with E-state index in [9.17, 15) is 9.18 Å². The first-order chi connectivity index (χ1) is 11.1. The second-order valence-corrected chi connectivity index (χ2v) is 7.46. The van der Waals surface area contributed by atoms with Crippen LogP contribution in [0, 0.1) is 11.7 Å². The zero-order valence-corrected chi connectivity index (χ0v) is 14.1. The number of benzene rings is 2. The minimum Gasteiger partial charge on any atom is -0.346 e. The summed E-state index contributed by atoms with van der Waals surface area (Å²) < 4.78 is 14.9. The largest absolute Gasteiger partial charge is 0.346 e. The molecule has 0 aliphatic heterocycles. The third-order valence-electron chi connectivity index (χ3n) is 4.94. The van der Waals surface area contributed by atoms with Crippen LogP contribution in [-0.2, 0) is 10.3 Å². The zero-order chi connectivity index (χ0) is 16.0. The van der Waals surface area contributed by atoms with Crippen LogP contribution >= 0.6 is 15.9 Å². The van der Waals surface area contributed by atoms with E-state index in [0.29, 0.717) is 5.56 Å². The van der Waals surface area contributed by atoms with E-state index in [4.69, 9.17) is 0 Å². The summed E-state index contributed by atoms with van der Waals surface area (Å²) in [5.74, 6) is -0.225. The molecule has 2 aromatic rings. The van der Waals surface area contributed by atoms with E-state index in [-0.39, 0.29) is 29.1 Å². The van der Waals surface area contributed by atoms with Crippen LogP contribution in [0.4, 0.5) is 4.39 Å². The lowest BCUT2D eigenvalue weighted by Crippen LogP contribution is -2.36. The molecule has 1 amide bonds. The maximum absolute atomic E-state index is 13.8. The lowest BCUT2D eigenvalue weighted by Gasteiger charge is -2.18.